The highest BCUT2D eigenvalue weighted by molar-refractivity contribution is 9.10. The molecule has 17 heavy (non-hydrogen) atoms. The van der Waals surface area contributed by atoms with Crippen LogP contribution in [0.3, 0.4) is 0 Å². The van der Waals surface area contributed by atoms with Gasteiger partial charge in [-0.05, 0) is 45.9 Å². The second kappa shape index (κ2) is 5.76. The molecule has 0 fully saturated rings. The van der Waals surface area contributed by atoms with Crippen molar-refractivity contribution < 1.29 is 4.39 Å². The molecule has 0 saturated heterocycles. The minimum Gasteiger partial charge on any atom is -0.305 e. The van der Waals surface area contributed by atoms with Crippen LogP contribution < -0.4 is 5.32 Å². The minimum atomic E-state index is -0.215. The first-order valence-electron chi connectivity index (χ1n) is 5.38. The van der Waals surface area contributed by atoms with Crippen LogP contribution in [0.2, 0.25) is 0 Å². The third-order valence-corrected chi connectivity index (χ3v) is 4.54. The molecule has 0 spiro atoms. The van der Waals surface area contributed by atoms with Gasteiger partial charge >= 0.3 is 0 Å². The van der Waals surface area contributed by atoms with Gasteiger partial charge in [-0.2, -0.15) is 0 Å². The van der Waals surface area contributed by atoms with Gasteiger partial charge in [0.2, 0.25) is 0 Å². The van der Waals surface area contributed by atoms with E-state index in [0.29, 0.717) is 11.0 Å². The van der Waals surface area contributed by atoms with Gasteiger partial charge in [0.15, 0.2) is 0 Å². The van der Waals surface area contributed by atoms with Crippen LogP contribution in [0.25, 0.3) is 0 Å². The Morgan fingerprint density at radius 3 is 2.88 bits per heavy atom. The highest BCUT2D eigenvalue weighted by atomic mass is 79.9. The molecule has 0 aliphatic heterocycles. The Labute approximate surface area is 113 Å². The average molecular weight is 314 g/mol. The van der Waals surface area contributed by atoms with Crippen molar-refractivity contribution in [2.45, 2.75) is 19.5 Å². The molecular formula is C13H13BrFNS. The maximum Gasteiger partial charge on any atom is 0.137 e. The number of thiophene rings is 1. The molecule has 2 rings (SSSR count). The number of benzene rings is 1. The molecule has 0 unspecified atom stereocenters. The van der Waals surface area contributed by atoms with Crippen molar-refractivity contribution in [2.24, 2.45) is 0 Å². The molecule has 0 aliphatic carbocycles. The fraction of sp³-hybridized carbons (Fsp3) is 0.231. The molecule has 0 saturated carbocycles. The molecule has 2 aromatic rings. The van der Waals surface area contributed by atoms with E-state index >= 15 is 0 Å². The first-order chi connectivity index (χ1) is 8.18. The van der Waals surface area contributed by atoms with Gasteiger partial charge in [-0.25, -0.2) is 4.39 Å². The summed E-state index contributed by atoms with van der Waals surface area (Å²) in [5.74, 6) is -0.215. The van der Waals surface area contributed by atoms with Crippen LogP contribution in [0, 0.1) is 5.82 Å². The SMILES string of the molecule is C[C@H](NCc1cccc(F)c1Br)c1cccs1. The van der Waals surface area contributed by atoms with Crippen molar-refractivity contribution in [1.29, 1.82) is 0 Å². The predicted molar refractivity (Wildman–Crippen MR) is 73.7 cm³/mol. The quantitative estimate of drug-likeness (QED) is 0.876. The zero-order chi connectivity index (χ0) is 12.3. The highest BCUT2D eigenvalue weighted by Crippen LogP contribution is 2.22. The number of nitrogens with one attached hydrogen (secondary N) is 1. The van der Waals surface area contributed by atoms with Crippen molar-refractivity contribution >= 4 is 27.3 Å². The second-order valence-electron chi connectivity index (χ2n) is 3.83. The van der Waals surface area contributed by atoms with Gasteiger partial charge in [0.1, 0.15) is 5.82 Å². The molecule has 0 bridgehead atoms. The Morgan fingerprint density at radius 1 is 1.35 bits per heavy atom. The molecule has 1 aromatic heterocycles. The van der Waals surface area contributed by atoms with Gasteiger partial charge in [-0.3, -0.25) is 0 Å². The summed E-state index contributed by atoms with van der Waals surface area (Å²) in [6.45, 7) is 2.76. The van der Waals surface area contributed by atoms with Crippen LogP contribution in [0.1, 0.15) is 23.4 Å². The van der Waals surface area contributed by atoms with Gasteiger partial charge in [0.25, 0.3) is 0 Å². The van der Waals surface area contributed by atoms with Gasteiger partial charge in [0.05, 0.1) is 4.47 Å². The first kappa shape index (κ1) is 12.7. The molecule has 4 heteroatoms. The Kier molecular flexibility index (Phi) is 4.31. The van der Waals surface area contributed by atoms with E-state index in [2.05, 4.69) is 39.6 Å². The average Bonchev–Trinajstić information content (AvgIpc) is 2.84. The molecule has 1 nitrogen and oxygen atoms in total. The molecule has 0 radical (unpaired) electrons. The van der Waals surface area contributed by atoms with Crippen LogP contribution in [0.5, 0.6) is 0 Å². The fourth-order valence-electron chi connectivity index (χ4n) is 1.59. The molecular weight excluding hydrogens is 301 g/mol. The normalized spacial score (nSPS) is 12.6. The van der Waals surface area contributed by atoms with Crippen molar-refractivity contribution in [3.8, 4) is 0 Å². The lowest BCUT2D eigenvalue weighted by Gasteiger charge is -2.13. The molecule has 1 aromatic carbocycles. The van der Waals surface area contributed by atoms with Gasteiger partial charge in [-0.15, -0.1) is 11.3 Å². The van der Waals surface area contributed by atoms with E-state index in [4.69, 9.17) is 0 Å². The Bertz CT molecular complexity index is 484. The summed E-state index contributed by atoms with van der Waals surface area (Å²) in [4.78, 5) is 1.29. The van der Waals surface area contributed by atoms with Gasteiger partial charge in [-0.1, -0.05) is 18.2 Å². The lowest BCUT2D eigenvalue weighted by molar-refractivity contribution is 0.573. The Morgan fingerprint density at radius 2 is 2.18 bits per heavy atom. The number of rotatable bonds is 4. The molecule has 90 valence electrons. The van der Waals surface area contributed by atoms with Crippen molar-refractivity contribution in [1.82, 2.24) is 5.32 Å². The van der Waals surface area contributed by atoms with E-state index < -0.39 is 0 Å². The monoisotopic (exact) mass is 313 g/mol. The largest absolute Gasteiger partial charge is 0.305 e. The van der Waals surface area contributed by atoms with Crippen molar-refractivity contribution in [3.63, 3.8) is 0 Å². The van der Waals surface area contributed by atoms with Crippen molar-refractivity contribution in [2.75, 3.05) is 0 Å². The molecule has 0 amide bonds. The fourth-order valence-corrected chi connectivity index (χ4v) is 2.75. The molecule has 0 aliphatic rings. The van der Waals surface area contributed by atoms with E-state index in [1.54, 1.807) is 17.4 Å². The lowest BCUT2D eigenvalue weighted by Crippen LogP contribution is -2.17. The van der Waals surface area contributed by atoms with Crippen LogP contribution >= 0.6 is 27.3 Å². The lowest BCUT2D eigenvalue weighted by atomic mass is 10.2. The van der Waals surface area contributed by atoms with E-state index in [1.165, 1.54) is 10.9 Å². The summed E-state index contributed by atoms with van der Waals surface area (Å²) in [6, 6.07) is 9.52. The third-order valence-electron chi connectivity index (χ3n) is 2.60. The second-order valence-corrected chi connectivity index (χ2v) is 5.60. The van der Waals surface area contributed by atoms with Crippen LogP contribution in [-0.4, -0.2) is 0 Å². The standard InChI is InChI=1S/C13H13BrFNS/c1-9(12-6-3-7-17-12)16-8-10-4-2-5-11(15)13(10)14/h2-7,9,16H,8H2,1H3/t9-/m0/s1. The number of halogens is 2. The maximum absolute atomic E-state index is 13.3. The van der Waals surface area contributed by atoms with E-state index in [-0.39, 0.29) is 11.9 Å². The first-order valence-corrected chi connectivity index (χ1v) is 7.05. The van der Waals surface area contributed by atoms with Crippen LogP contribution in [-0.2, 0) is 6.54 Å². The Hall–Kier alpha value is -0.710. The number of hydrogen-bond acceptors (Lipinski definition) is 2. The summed E-state index contributed by atoms with van der Waals surface area (Å²) in [7, 11) is 0. The summed E-state index contributed by atoms with van der Waals surface area (Å²) >= 11 is 4.99. The highest BCUT2D eigenvalue weighted by Gasteiger charge is 2.08. The summed E-state index contributed by atoms with van der Waals surface area (Å²) < 4.78 is 13.9. The summed E-state index contributed by atoms with van der Waals surface area (Å²) in [5, 5.41) is 5.44. The summed E-state index contributed by atoms with van der Waals surface area (Å²) in [5.41, 5.74) is 0.938. The third kappa shape index (κ3) is 3.15. The predicted octanol–water partition coefficient (Wildman–Crippen LogP) is 4.50. The topological polar surface area (TPSA) is 12.0 Å². The van der Waals surface area contributed by atoms with Crippen LogP contribution in [0.4, 0.5) is 4.39 Å². The van der Waals surface area contributed by atoms with E-state index in [1.807, 2.05) is 12.1 Å². The zero-order valence-electron chi connectivity index (χ0n) is 9.41. The van der Waals surface area contributed by atoms with Gasteiger partial charge < -0.3 is 5.32 Å². The van der Waals surface area contributed by atoms with E-state index in [0.717, 1.165) is 5.56 Å². The Balaban J connectivity index is 2.00. The smallest absolute Gasteiger partial charge is 0.137 e. The molecule has 1 atom stereocenters. The summed E-state index contributed by atoms with van der Waals surface area (Å²) in [6.07, 6.45) is 0. The molecule has 1 N–H and O–H groups in total. The molecule has 1 heterocycles. The van der Waals surface area contributed by atoms with Gasteiger partial charge in [0, 0.05) is 17.5 Å². The minimum absolute atomic E-state index is 0.215. The van der Waals surface area contributed by atoms with E-state index in [9.17, 15) is 4.39 Å². The maximum atomic E-state index is 13.3. The zero-order valence-corrected chi connectivity index (χ0v) is 11.8. The van der Waals surface area contributed by atoms with Crippen molar-refractivity contribution in [3.05, 3.63) is 56.4 Å². The number of hydrogen-bond donors (Lipinski definition) is 1. The van der Waals surface area contributed by atoms with Crippen LogP contribution in [0.15, 0.2) is 40.2 Å².